The van der Waals surface area contributed by atoms with Gasteiger partial charge in [-0.1, -0.05) is 156 Å². The molecule has 1 aliphatic rings. The average Bonchev–Trinajstić information content (AvgIpc) is 3.42. The van der Waals surface area contributed by atoms with E-state index in [1.54, 1.807) is 0 Å². The molecule has 6 aromatic carbocycles. The zero-order chi connectivity index (χ0) is 30.4. The highest BCUT2D eigenvalue weighted by molar-refractivity contribution is 9.10. The van der Waals surface area contributed by atoms with Crippen molar-refractivity contribution in [2.75, 3.05) is 0 Å². The van der Waals surface area contributed by atoms with Gasteiger partial charge in [-0.15, -0.1) is 0 Å². The molecule has 0 aliphatic heterocycles. The largest absolute Gasteiger partial charge is 0.309 e. The molecule has 7 aromatic rings. The maximum atomic E-state index is 3.68. The van der Waals surface area contributed by atoms with Gasteiger partial charge in [0.15, 0.2) is 0 Å². The van der Waals surface area contributed by atoms with Crippen molar-refractivity contribution in [1.82, 2.24) is 4.57 Å². The van der Waals surface area contributed by atoms with Crippen LogP contribution in [0.4, 0.5) is 0 Å². The van der Waals surface area contributed by atoms with Gasteiger partial charge < -0.3 is 4.57 Å². The second kappa shape index (κ2) is 11.2. The molecule has 0 bridgehead atoms. The third-order valence-electron chi connectivity index (χ3n) is 9.28. The van der Waals surface area contributed by atoms with E-state index in [1.165, 1.54) is 66.4 Å². The number of hydrogen-bond donors (Lipinski definition) is 0. The molecule has 1 aromatic heterocycles. The molecule has 2 heteroatoms. The molecule has 0 radical (unpaired) electrons. The third-order valence-corrected chi connectivity index (χ3v) is 9.78. The summed E-state index contributed by atoms with van der Waals surface area (Å²) in [7, 11) is 0. The van der Waals surface area contributed by atoms with E-state index in [4.69, 9.17) is 0 Å². The van der Waals surface area contributed by atoms with Crippen LogP contribution in [0.1, 0.15) is 18.9 Å². The summed E-state index contributed by atoms with van der Waals surface area (Å²) in [6.07, 6.45) is 9.94. The lowest BCUT2D eigenvalue weighted by molar-refractivity contribution is 0.599. The zero-order valence-corrected chi connectivity index (χ0v) is 26.7. The Morgan fingerprint density at radius 1 is 0.556 bits per heavy atom. The Kier molecular flexibility index (Phi) is 6.88. The quantitative estimate of drug-likeness (QED) is 0.176. The van der Waals surface area contributed by atoms with Crippen LogP contribution < -0.4 is 0 Å². The second-order valence-electron chi connectivity index (χ2n) is 12.1. The van der Waals surface area contributed by atoms with Gasteiger partial charge in [-0.05, 0) is 70.1 Å². The highest BCUT2D eigenvalue weighted by Crippen LogP contribution is 2.42. The fraction of sp³-hybridized carbons (Fsp3) is 0.0698. The fourth-order valence-electron chi connectivity index (χ4n) is 6.92. The molecule has 1 nitrogen and oxygen atoms in total. The first-order valence-electron chi connectivity index (χ1n) is 15.5. The summed E-state index contributed by atoms with van der Waals surface area (Å²) in [5, 5.41) is 2.51. The molecule has 0 saturated heterocycles. The molecular formula is C43H32BrN. The molecule has 0 amide bonds. The first kappa shape index (κ1) is 27.6. The zero-order valence-electron chi connectivity index (χ0n) is 25.1. The van der Waals surface area contributed by atoms with E-state index in [2.05, 4.69) is 191 Å². The van der Waals surface area contributed by atoms with Gasteiger partial charge in [-0.2, -0.15) is 0 Å². The van der Waals surface area contributed by atoms with Crippen LogP contribution in [0.25, 0.3) is 60.9 Å². The van der Waals surface area contributed by atoms with Crippen LogP contribution in [-0.2, 0) is 5.41 Å². The van der Waals surface area contributed by atoms with Crippen molar-refractivity contribution in [2.24, 2.45) is 0 Å². The number of para-hydroxylation sites is 1. The van der Waals surface area contributed by atoms with Gasteiger partial charge in [-0.3, -0.25) is 0 Å². The summed E-state index contributed by atoms with van der Waals surface area (Å²) >= 11 is 3.68. The average molecular weight is 643 g/mol. The van der Waals surface area contributed by atoms with Crippen molar-refractivity contribution in [3.05, 3.63) is 174 Å². The second-order valence-corrected chi connectivity index (χ2v) is 13.1. The number of aromatic nitrogens is 1. The van der Waals surface area contributed by atoms with E-state index in [1.807, 2.05) is 0 Å². The summed E-state index contributed by atoms with van der Waals surface area (Å²) in [6, 6.07) is 51.0. The SMILES string of the molecule is CC1(c2ccc(-c3ccccc3)c(-n3c4ccccc4c4ccc(-c5ccccc5-c5cccc(Br)c5)cc43)c2)C=CC=CC1. The minimum absolute atomic E-state index is 0.0640. The number of nitrogens with zero attached hydrogens (tertiary/aromatic N) is 1. The number of rotatable bonds is 5. The predicted octanol–water partition coefficient (Wildman–Crippen LogP) is 12.3. The summed E-state index contributed by atoms with van der Waals surface area (Å²) in [6.45, 7) is 2.34. The topological polar surface area (TPSA) is 4.93 Å². The van der Waals surface area contributed by atoms with Gasteiger partial charge in [0.2, 0.25) is 0 Å². The maximum Gasteiger partial charge on any atom is 0.0547 e. The Balaban J connectivity index is 1.42. The van der Waals surface area contributed by atoms with Crippen LogP contribution in [0.15, 0.2) is 168 Å². The van der Waals surface area contributed by atoms with Crippen LogP contribution >= 0.6 is 15.9 Å². The normalized spacial score (nSPS) is 16.0. The molecule has 0 saturated carbocycles. The van der Waals surface area contributed by atoms with E-state index in [9.17, 15) is 0 Å². The first-order valence-corrected chi connectivity index (χ1v) is 16.3. The van der Waals surface area contributed by atoms with Crippen molar-refractivity contribution >= 4 is 37.7 Å². The Morgan fingerprint density at radius 3 is 2.04 bits per heavy atom. The number of hydrogen-bond acceptors (Lipinski definition) is 0. The van der Waals surface area contributed by atoms with E-state index in [0.29, 0.717) is 0 Å². The Morgan fingerprint density at radius 2 is 1.27 bits per heavy atom. The molecule has 0 fully saturated rings. The van der Waals surface area contributed by atoms with E-state index >= 15 is 0 Å². The van der Waals surface area contributed by atoms with Crippen molar-refractivity contribution in [2.45, 2.75) is 18.8 Å². The lowest BCUT2D eigenvalue weighted by atomic mass is 9.76. The Bertz CT molecular complexity index is 2270. The number of allylic oxidation sites excluding steroid dienone is 4. The van der Waals surface area contributed by atoms with Crippen molar-refractivity contribution in [3.8, 4) is 39.1 Å². The molecule has 8 rings (SSSR count). The molecule has 0 spiro atoms. The molecule has 0 N–H and O–H groups in total. The van der Waals surface area contributed by atoms with Crippen molar-refractivity contribution < 1.29 is 0 Å². The van der Waals surface area contributed by atoms with E-state index in [0.717, 1.165) is 10.9 Å². The van der Waals surface area contributed by atoms with Gasteiger partial charge in [0.1, 0.15) is 0 Å². The lowest BCUT2D eigenvalue weighted by Gasteiger charge is -2.28. The Hall–Kier alpha value is -4.92. The maximum absolute atomic E-state index is 3.68. The number of benzene rings is 6. The summed E-state index contributed by atoms with van der Waals surface area (Å²) in [4.78, 5) is 0. The van der Waals surface area contributed by atoms with Crippen molar-refractivity contribution in [1.29, 1.82) is 0 Å². The highest BCUT2D eigenvalue weighted by atomic mass is 79.9. The molecule has 1 unspecified atom stereocenters. The molecule has 1 atom stereocenters. The molecule has 216 valence electrons. The summed E-state index contributed by atoms with van der Waals surface area (Å²) in [5.41, 5.74) is 12.1. The molecule has 1 heterocycles. The smallest absolute Gasteiger partial charge is 0.0547 e. The van der Waals surface area contributed by atoms with Crippen LogP contribution in [0, 0.1) is 0 Å². The van der Waals surface area contributed by atoms with Gasteiger partial charge in [0.25, 0.3) is 0 Å². The van der Waals surface area contributed by atoms with Crippen LogP contribution in [0.3, 0.4) is 0 Å². The van der Waals surface area contributed by atoms with Gasteiger partial charge in [-0.25, -0.2) is 0 Å². The van der Waals surface area contributed by atoms with Crippen LogP contribution in [0.5, 0.6) is 0 Å². The monoisotopic (exact) mass is 641 g/mol. The first-order chi connectivity index (χ1) is 22.1. The summed E-state index contributed by atoms with van der Waals surface area (Å²) < 4.78 is 3.57. The third kappa shape index (κ3) is 4.87. The molecule has 45 heavy (non-hydrogen) atoms. The Labute approximate surface area is 272 Å². The van der Waals surface area contributed by atoms with Crippen molar-refractivity contribution in [3.63, 3.8) is 0 Å². The van der Waals surface area contributed by atoms with Gasteiger partial charge in [0, 0.05) is 26.2 Å². The number of halogens is 1. The highest BCUT2D eigenvalue weighted by Gasteiger charge is 2.26. The molecular weight excluding hydrogens is 610 g/mol. The van der Waals surface area contributed by atoms with Gasteiger partial charge >= 0.3 is 0 Å². The fourth-order valence-corrected chi connectivity index (χ4v) is 7.31. The predicted molar refractivity (Wildman–Crippen MR) is 195 cm³/mol. The summed E-state index contributed by atoms with van der Waals surface area (Å²) in [5.74, 6) is 0. The van der Waals surface area contributed by atoms with Gasteiger partial charge in [0.05, 0.1) is 16.7 Å². The molecule has 1 aliphatic carbocycles. The minimum atomic E-state index is -0.0640. The number of fused-ring (bicyclic) bond motifs is 3. The minimum Gasteiger partial charge on any atom is -0.309 e. The van der Waals surface area contributed by atoms with Crippen LogP contribution in [-0.4, -0.2) is 4.57 Å². The standard InChI is InChI=1S/C43H32BrN/c1-43(25-10-3-11-26-43)33-22-24-37(30-13-4-2-5-14-30)42(29-33)45-40-20-9-8-19-38(40)39-23-21-32(28-41(39)45)36-18-7-6-17-35(36)31-15-12-16-34(44)27-31/h2-25,27-29H,26H2,1H3. The van der Waals surface area contributed by atoms with E-state index < -0.39 is 0 Å². The van der Waals surface area contributed by atoms with Crippen LogP contribution in [0.2, 0.25) is 0 Å². The lowest BCUT2D eigenvalue weighted by Crippen LogP contribution is -2.19. The van der Waals surface area contributed by atoms with E-state index in [-0.39, 0.29) is 5.41 Å².